The van der Waals surface area contributed by atoms with Crippen LogP contribution in [0.1, 0.15) is 5.69 Å². The summed E-state index contributed by atoms with van der Waals surface area (Å²) in [7, 11) is 0. The Labute approximate surface area is 88.2 Å². The first-order valence-corrected chi connectivity index (χ1v) is 7.28. The molecule has 13 heavy (non-hydrogen) atoms. The Kier molecular flexibility index (Phi) is 5.56. The molecule has 1 rings (SSSR count). The van der Waals surface area contributed by atoms with Crippen molar-refractivity contribution in [3.8, 4) is 0 Å². The third-order valence-corrected chi connectivity index (χ3v) is 0.697. The van der Waals surface area contributed by atoms with Crippen LogP contribution < -0.4 is 5.69 Å². The van der Waals surface area contributed by atoms with Crippen molar-refractivity contribution in [3.63, 3.8) is 0 Å². The van der Waals surface area contributed by atoms with Gasteiger partial charge in [-0.2, -0.15) is 10.1 Å². The molecule has 0 saturated carbocycles. The Balaban J connectivity index is 0.000000252. The van der Waals surface area contributed by atoms with Crippen LogP contribution in [0.15, 0.2) is 11.0 Å². The molecule has 0 radical (unpaired) electrons. The molecular formula is C4H5Cl3N3O2P. The topological polar surface area (TPSA) is 75.7 Å². The molecule has 0 fully saturated rings. The van der Waals surface area contributed by atoms with Crippen LogP contribution in [0.3, 0.4) is 0 Å². The van der Waals surface area contributed by atoms with Crippen LogP contribution in [0, 0.1) is 6.92 Å². The van der Waals surface area contributed by atoms with E-state index in [1.165, 1.54) is 6.20 Å². The van der Waals surface area contributed by atoms with Gasteiger partial charge in [0.05, 0.1) is 11.9 Å². The van der Waals surface area contributed by atoms with E-state index in [2.05, 4.69) is 48.9 Å². The Bertz CT molecular complexity index is 333. The molecule has 0 aliphatic carbocycles. The van der Waals surface area contributed by atoms with E-state index in [4.69, 9.17) is 0 Å². The first-order valence-electron chi connectivity index (χ1n) is 2.86. The van der Waals surface area contributed by atoms with Crippen LogP contribution >= 0.6 is 38.9 Å². The molecule has 0 aliphatic rings. The van der Waals surface area contributed by atoms with Crippen molar-refractivity contribution >= 4 is 38.9 Å². The lowest BCUT2D eigenvalue weighted by atomic mass is 10.6. The van der Waals surface area contributed by atoms with Gasteiger partial charge in [-0.3, -0.25) is 4.57 Å². The second kappa shape index (κ2) is 5.60. The Morgan fingerprint density at radius 2 is 1.92 bits per heavy atom. The average Bonchev–Trinajstić information content (AvgIpc) is 1.92. The fraction of sp³-hybridized carbons (Fsp3) is 0.250. The number of rotatable bonds is 0. The Morgan fingerprint density at radius 1 is 1.46 bits per heavy atom. The standard InChI is InChI=1S/C4H5N3O.Cl3OP/c1-3-2-5-4(8)7-6-3;1-5(2,3)4/h2H,1H3,(H,5,7,8);. The van der Waals surface area contributed by atoms with Gasteiger partial charge in [-0.15, -0.1) is 0 Å². The van der Waals surface area contributed by atoms with Crippen molar-refractivity contribution in [2.24, 2.45) is 0 Å². The smallest absolute Gasteiger partial charge is 0.271 e. The predicted molar refractivity (Wildman–Crippen MR) is 52.6 cm³/mol. The van der Waals surface area contributed by atoms with Crippen molar-refractivity contribution in [2.45, 2.75) is 6.92 Å². The molecule has 1 N–H and O–H groups in total. The normalized spacial score (nSPS) is 10.2. The summed E-state index contributed by atoms with van der Waals surface area (Å²) in [5.41, 5.74) is 0.306. The molecule has 0 amide bonds. The molecular weight excluding hydrogens is 259 g/mol. The van der Waals surface area contributed by atoms with E-state index in [9.17, 15) is 9.36 Å². The fourth-order valence-electron chi connectivity index (χ4n) is 0.346. The highest BCUT2D eigenvalue weighted by Crippen LogP contribution is 2.61. The van der Waals surface area contributed by atoms with Gasteiger partial charge in [-0.05, 0) is 40.6 Å². The number of aromatic nitrogens is 3. The lowest BCUT2D eigenvalue weighted by Crippen LogP contribution is -2.11. The highest BCUT2D eigenvalue weighted by Gasteiger charge is 2.02. The van der Waals surface area contributed by atoms with Crippen LogP contribution in [0.2, 0.25) is 0 Å². The molecule has 74 valence electrons. The predicted octanol–water partition coefficient (Wildman–Crippen LogP) is 2.28. The van der Waals surface area contributed by atoms with Gasteiger partial charge in [0.25, 0.3) is 0 Å². The molecule has 1 heterocycles. The van der Waals surface area contributed by atoms with Crippen molar-refractivity contribution in [3.05, 3.63) is 22.4 Å². The van der Waals surface area contributed by atoms with Gasteiger partial charge in [0.1, 0.15) is 0 Å². The lowest BCUT2D eigenvalue weighted by Gasteiger charge is -1.82. The number of halogens is 3. The summed E-state index contributed by atoms with van der Waals surface area (Å²) in [5, 5.41) is 2.54. The molecule has 1 aromatic heterocycles. The second-order valence-electron chi connectivity index (χ2n) is 1.83. The van der Waals surface area contributed by atoms with E-state index in [0.29, 0.717) is 5.69 Å². The number of nitrogens with zero attached hydrogens (tertiary/aromatic N) is 2. The summed E-state index contributed by atoms with van der Waals surface area (Å²) in [4.78, 5) is 13.6. The van der Waals surface area contributed by atoms with E-state index in [-0.39, 0.29) is 0 Å². The number of hydrogen-bond donors (Lipinski definition) is 1. The average molecular weight is 264 g/mol. The van der Waals surface area contributed by atoms with Crippen LogP contribution in [-0.4, -0.2) is 15.2 Å². The van der Waals surface area contributed by atoms with E-state index in [0.717, 1.165) is 0 Å². The highest BCUT2D eigenvalue weighted by atomic mass is 36.0. The third-order valence-electron chi connectivity index (χ3n) is 0.697. The number of aromatic amines is 1. The summed E-state index contributed by atoms with van der Waals surface area (Å²) in [6.45, 7) is 1.75. The minimum atomic E-state index is -3.22. The molecule has 0 bridgehead atoms. The van der Waals surface area contributed by atoms with Crippen LogP contribution in [0.5, 0.6) is 0 Å². The van der Waals surface area contributed by atoms with Gasteiger partial charge >= 0.3 is 10.9 Å². The molecule has 5 nitrogen and oxygen atoms in total. The first kappa shape index (κ1) is 12.9. The number of hydrogen-bond acceptors (Lipinski definition) is 4. The van der Waals surface area contributed by atoms with Crippen molar-refractivity contribution in [1.29, 1.82) is 0 Å². The first-order chi connectivity index (χ1) is 5.79. The molecule has 0 spiro atoms. The largest absolute Gasteiger partial charge is 0.361 e. The van der Waals surface area contributed by atoms with Crippen molar-refractivity contribution in [1.82, 2.24) is 15.2 Å². The van der Waals surface area contributed by atoms with Gasteiger partial charge in [-0.1, -0.05) is 0 Å². The number of aryl methyl sites for hydroxylation is 1. The maximum atomic E-state index is 10.2. The zero-order valence-corrected chi connectivity index (χ0v) is 9.53. The number of nitrogens with one attached hydrogen (secondary N) is 1. The van der Waals surface area contributed by atoms with E-state index >= 15 is 0 Å². The lowest BCUT2D eigenvalue weighted by molar-refractivity contribution is 0.600. The zero-order chi connectivity index (χ0) is 10.5. The number of H-pyrrole nitrogens is 1. The molecule has 0 unspecified atom stereocenters. The monoisotopic (exact) mass is 263 g/mol. The van der Waals surface area contributed by atoms with E-state index in [1.807, 2.05) is 0 Å². The summed E-state index contributed by atoms with van der Waals surface area (Å²) < 4.78 is 9.51. The summed E-state index contributed by atoms with van der Waals surface area (Å²) >= 11 is 13.8. The van der Waals surface area contributed by atoms with Crippen molar-refractivity contribution in [2.75, 3.05) is 0 Å². The van der Waals surface area contributed by atoms with Crippen LogP contribution in [0.4, 0.5) is 0 Å². The summed E-state index contributed by atoms with van der Waals surface area (Å²) in [5.74, 6) is 0. The maximum absolute atomic E-state index is 10.2. The zero-order valence-electron chi connectivity index (χ0n) is 6.37. The van der Waals surface area contributed by atoms with Crippen molar-refractivity contribution < 1.29 is 4.57 Å². The van der Waals surface area contributed by atoms with Crippen LogP contribution in [0.25, 0.3) is 0 Å². The molecule has 0 atom stereocenters. The third kappa shape index (κ3) is 11.9. The van der Waals surface area contributed by atoms with Gasteiger partial charge in [0, 0.05) is 0 Å². The van der Waals surface area contributed by atoms with Gasteiger partial charge in [0.2, 0.25) is 0 Å². The molecule has 1 aromatic rings. The summed E-state index contributed by atoms with van der Waals surface area (Å²) in [6.07, 6.45) is 1.42. The Morgan fingerprint density at radius 3 is 2.15 bits per heavy atom. The van der Waals surface area contributed by atoms with Gasteiger partial charge in [-0.25, -0.2) is 9.89 Å². The fourth-order valence-corrected chi connectivity index (χ4v) is 0.346. The SMILES string of the molecule is Cc1cnc(=O)[nH]n1.O=P(Cl)(Cl)Cl. The second-order valence-corrected chi connectivity index (χ2v) is 8.47. The van der Waals surface area contributed by atoms with E-state index in [1.54, 1.807) is 6.92 Å². The highest BCUT2D eigenvalue weighted by molar-refractivity contribution is 8.24. The van der Waals surface area contributed by atoms with Gasteiger partial charge in [0.15, 0.2) is 0 Å². The maximum Gasteiger partial charge on any atom is 0.361 e. The minimum Gasteiger partial charge on any atom is -0.271 e. The Hall–Kier alpha value is -0.0900. The molecule has 0 aliphatic heterocycles. The molecule has 0 saturated heterocycles. The summed E-state index contributed by atoms with van der Waals surface area (Å²) in [6, 6.07) is 0. The molecule has 0 aromatic carbocycles. The quantitative estimate of drug-likeness (QED) is 0.729. The minimum absolute atomic E-state index is 0.407. The van der Waals surface area contributed by atoms with E-state index < -0.39 is 10.9 Å². The molecule has 9 heteroatoms. The van der Waals surface area contributed by atoms with Crippen LogP contribution in [-0.2, 0) is 4.57 Å². The van der Waals surface area contributed by atoms with Gasteiger partial charge < -0.3 is 0 Å².